The molecule has 1 unspecified atom stereocenters. The molecule has 0 spiro atoms. The fourth-order valence-corrected chi connectivity index (χ4v) is 2.11. The number of methoxy groups -OCH3 is 1. The summed E-state index contributed by atoms with van der Waals surface area (Å²) in [7, 11) is 1.59. The molecule has 1 aromatic rings. The van der Waals surface area contributed by atoms with Crippen molar-refractivity contribution in [3.63, 3.8) is 0 Å². The minimum atomic E-state index is -0.432. The van der Waals surface area contributed by atoms with Crippen LogP contribution in [0.5, 0.6) is 5.75 Å². The van der Waals surface area contributed by atoms with E-state index in [4.69, 9.17) is 21.1 Å². The maximum atomic E-state index is 11.9. The van der Waals surface area contributed by atoms with E-state index in [1.54, 1.807) is 25.3 Å². The van der Waals surface area contributed by atoms with Gasteiger partial charge in [0, 0.05) is 30.2 Å². The number of ether oxygens (including phenoxy) is 2. The van der Waals surface area contributed by atoms with E-state index in [1.807, 2.05) is 0 Å². The first kappa shape index (κ1) is 17.0. The predicted molar refractivity (Wildman–Crippen MR) is 79.7 cm³/mol. The molecule has 7 heteroatoms. The van der Waals surface area contributed by atoms with Crippen LogP contribution in [-0.4, -0.2) is 38.8 Å². The van der Waals surface area contributed by atoms with Crippen LogP contribution in [0.2, 0.25) is 5.02 Å². The number of hydrogen-bond donors (Lipinski definition) is 2. The van der Waals surface area contributed by atoms with E-state index in [9.17, 15) is 4.79 Å². The van der Waals surface area contributed by atoms with Crippen LogP contribution in [-0.2, 0) is 16.1 Å². The number of nitrogens with one attached hydrogen (secondary N) is 2. The number of carbonyl (C=O) groups excluding carboxylic acids is 1. The first-order chi connectivity index (χ1) is 9.20. The fraction of sp³-hybridized carbons (Fsp3) is 0.462. The summed E-state index contributed by atoms with van der Waals surface area (Å²) in [4.78, 5) is 11.9. The van der Waals surface area contributed by atoms with E-state index < -0.39 is 6.10 Å². The Balaban J connectivity index is 0.00000200. The molecule has 1 heterocycles. The lowest BCUT2D eigenvalue weighted by Crippen LogP contribution is -2.47. The van der Waals surface area contributed by atoms with Gasteiger partial charge >= 0.3 is 0 Å². The molecule has 1 aliphatic rings. The van der Waals surface area contributed by atoms with Crippen LogP contribution in [0.25, 0.3) is 0 Å². The molecule has 112 valence electrons. The van der Waals surface area contributed by atoms with Crippen molar-refractivity contribution in [3.05, 3.63) is 28.8 Å². The van der Waals surface area contributed by atoms with Gasteiger partial charge in [-0.25, -0.2) is 0 Å². The average Bonchev–Trinajstić information content (AvgIpc) is 2.46. The first-order valence-electron chi connectivity index (χ1n) is 6.13. The number of amides is 1. The maximum Gasteiger partial charge on any atom is 0.250 e. The summed E-state index contributed by atoms with van der Waals surface area (Å²) >= 11 is 5.93. The molecule has 20 heavy (non-hydrogen) atoms. The summed E-state index contributed by atoms with van der Waals surface area (Å²) in [5.41, 5.74) is 0.840. The van der Waals surface area contributed by atoms with Crippen molar-refractivity contribution in [3.8, 4) is 5.75 Å². The minimum absolute atomic E-state index is 0. The van der Waals surface area contributed by atoms with Crippen molar-refractivity contribution in [1.82, 2.24) is 10.6 Å². The molecule has 0 bridgehead atoms. The monoisotopic (exact) mass is 320 g/mol. The van der Waals surface area contributed by atoms with Crippen molar-refractivity contribution in [2.45, 2.75) is 12.6 Å². The van der Waals surface area contributed by atoms with Gasteiger partial charge in [-0.05, 0) is 18.2 Å². The van der Waals surface area contributed by atoms with Gasteiger partial charge < -0.3 is 20.1 Å². The van der Waals surface area contributed by atoms with Crippen LogP contribution >= 0.6 is 24.0 Å². The van der Waals surface area contributed by atoms with Gasteiger partial charge in [0.05, 0.1) is 13.7 Å². The lowest BCUT2D eigenvalue weighted by molar-refractivity contribution is -0.134. The smallest absolute Gasteiger partial charge is 0.250 e. The molecular weight excluding hydrogens is 303 g/mol. The highest BCUT2D eigenvalue weighted by atomic mass is 35.5. The van der Waals surface area contributed by atoms with Crippen molar-refractivity contribution in [2.75, 3.05) is 26.8 Å². The van der Waals surface area contributed by atoms with Gasteiger partial charge in [0.2, 0.25) is 0 Å². The Morgan fingerprint density at radius 1 is 1.60 bits per heavy atom. The van der Waals surface area contributed by atoms with Gasteiger partial charge in [0.25, 0.3) is 5.91 Å². The Labute approximate surface area is 129 Å². The van der Waals surface area contributed by atoms with E-state index in [-0.39, 0.29) is 18.3 Å². The summed E-state index contributed by atoms with van der Waals surface area (Å²) in [6.45, 7) is 2.24. The molecule has 0 saturated carbocycles. The molecule has 1 atom stereocenters. The predicted octanol–water partition coefficient (Wildman–Crippen LogP) is 1.37. The third-order valence-electron chi connectivity index (χ3n) is 2.92. The number of morpholine rings is 1. The molecule has 0 aliphatic carbocycles. The van der Waals surface area contributed by atoms with Gasteiger partial charge in [0.15, 0.2) is 0 Å². The zero-order valence-electron chi connectivity index (χ0n) is 11.1. The summed E-state index contributed by atoms with van der Waals surface area (Å²) in [6.07, 6.45) is -0.432. The third kappa shape index (κ3) is 4.52. The van der Waals surface area contributed by atoms with Gasteiger partial charge in [0.1, 0.15) is 11.9 Å². The van der Waals surface area contributed by atoms with Crippen molar-refractivity contribution in [2.24, 2.45) is 0 Å². The summed E-state index contributed by atoms with van der Waals surface area (Å²) in [5, 5.41) is 6.55. The fourth-order valence-electron chi connectivity index (χ4n) is 1.92. The average molecular weight is 321 g/mol. The van der Waals surface area contributed by atoms with Crippen LogP contribution in [0, 0.1) is 0 Å². The Bertz CT molecular complexity index is 451. The number of rotatable bonds is 4. The lowest BCUT2D eigenvalue weighted by atomic mass is 10.2. The Morgan fingerprint density at radius 3 is 3.05 bits per heavy atom. The number of benzene rings is 1. The standard InChI is InChI=1S/C13H17ClN2O3.ClH/c1-18-11-3-2-10(14)6-9(11)7-16-13(17)12-8-15-4-5-19-12;/h2-3,6,12,15H,4-5,7-8H2,1H3,(H,16,17);1H. The second-order valence-corrected chi connectivity index (χ2v) is 4.67. The van der Waals surface area contributed by atoms with E-state index in [1.165, 1.54) is 0 Å². The molecule has 0 aromatic heterocycles. The maximum absolute atomic E-state index is 11.9. The molecule has 2 rings (SSSR count). The Kier molecular flexibility index (Phi) is 7.09. The quantitative estimate of drug-likeness (QED) is 0.879. The molecule has 0 radical (unpaired) electrons. The van der Waals surface area contributed by atoms with Crippen LogP contribution in [0.15, 0.2) is 18.2 Å². The SMILES string of the molecule is COc1ccc(Cl)cc1CNC(=O)C1CNCCO1.Cl. The molecule has 1 saturated heterocycles. The van der Waals surface area contributed by atoms with Gasteiger partial charge in [-0.2, -0.15) is 0 Å². The van der Waals surface area contributed by atoms with Crippen molar-refractivity contribution < 1.29 is 14.3 Å². The van der Waals surface area contributed by atoms with Gasteiger partial charge in [-0.15, -0.1) is 12.4 Å². The van der Waals surface area contributed by atoms with Crippen LogP contribution in [0.4, 0.5) is 0 Å². The highest BCUT2D eigenvalue weighted by Crippen LogP contribution is 2.22. The molecule has 1 amide bonds. The minimum Gasteiger partial charge on any atom is -0.496 e. The second-order valence-electron chi connectivity index (χ2n) is 4.24. The van der Waals surface area contributed by atoms with Crippen molar-refractivity contribution >= 4 is 29.9 Å². The number of halogens is 2. The summed E-state index contributed by atoms with van der Waals surface area (Å²) < 4.78 is 10.6. The topological polar surface area (TPSA) is 59.6 Å². The highest BCUT2D eigenvalue weighted by Gasteiger charge is 2.21. The van der Waals surface area contributed by atoms with E-state index in [0.717, 1.165) is 12.1 Å². The normalized spacial score (nSPS) is 18.0. The molecule has 2 N–H and O–H groups in total. The zero-order chi connectivity index (χ0) is 13.7. The van der Waals surface area contributed by atoms with Crippen LogP contribution < -0.4 is 15.4 Å². The first-order valence-corrected chi connectivity index (χ1v) is 6.51. The van der Waals surface area contributed by atoms with Crippen LogP contribution in [0.1, 0.15) is 5.56 Å². The third-order valence-corrected chi connectivity index (χ3v) is 3.15. The van der Waals surface area contributed by atoms with Crippen LogP contribution in [0.3, 0.4) is 0 Å². The van der Waals surface area contributed by atoms with Gasteiger partial charge in [-0.3, -0.25) is 4.79 Å². The van der Waals surface area contributed by atoms with Crippen molar-refractivity contribution in [1.29, 1.82) is 0 Å². The van der Waals surface area contributed by atoms with E-state index >= 15 is 0 Å². The molecule has 1 aliphatic heterocycles. The summed E-state index contributed by atoms with van der Waals surface area (Å²) in [6, 6.07) is 5.31. The van der Waals surface area contributed by atoms with Gasteiger partial charge in [-0.1, -0.05) is 11.6 Å². The molecule has 1 aromatic carbocycles. The largest absolute Gasteiger partial charge is 0.496 e. The highest BCUT2D eigenvalue weighted by molar-refractivity contribution is 6.30. The lowest BCUT2D eigenvalue weighted by Gasteiger charge is -2.22. The number of hydrogen-bond acceptors (Lipinski definition) is 4. The second kappa shape index (κ2) is 8.32. The molecular formula is C13H18Cl2N2O3. The summed E-state index contributed by atoms with van der Waals surface area (Å²) in [5.74, 6) is 0.571. The molecule has 5 nitrogen and oxygen atoms in total. The van der Waals surface area contributed by atoms with E-state index in [2.05, 4.69) is 10.6 Å². The van der Waals surface area contributed by atoms with E-state index in [0.29, 0.717) is 30.5 Å². The Morgan fingerprint density at radius 2 is 2.40 bits per heavy atom. The number of carbonyl (C=O) groups is 1. The zero-order valence-corrected chi connectivity index (χ0v) is 12.7. The Hall–Kier alpha value is -1.01. The molecule has 1 fully saturated rings.